The van der Waals surface area contributed by atoms with E-state index in [4.69, 9.17) is 18.9 Å². The normalized spacial score (nSPS) is 14.2. The van der Waals surface area contributed by atoms with Crippen LogP contribution in [0.4, 0.5) is 11.4 Å². The van der Waals surface area contributed by atoms with E-state index in [0.29, 0.717) is 31.9 Å². The Kier molecular flexibility index (Phi) is 9.15. The molecule has 0 spiro atoms. The SMILES string of the molecule is CCOC(=O)C1=C(C)N=c2s/c(=C\c3ccc(Oc4ccc([N+](=O)[O-])cc4[N+](=O)[O-])c(OC)c3)c(=O)n2[C@H]1c1c(OC)ccc2ccccc12. The summed E-state index contributed by atoms with van der Waals surface area (Å²) in [5, 5.41) is 24.4. The van der Waals surface area contributed by atoms with Gasteiger partial charge >= 0.3 is 11.7 Å². The second-order valence-electron chi connectivity index (χ2n) is 10.9. The minimum atomic E-state index is -0.920. The monoisotopic (exact) mass is 696 g/mol. The molecule has 0 aliphatic carbocycles. The highest BCUT2D eigenvalue weighted by Crippen LogP contribution is 2.41. The number of nitro benzene ring substituents is 2. The van der Waals surface area contributed by atoms with Crippen molar-refractivity contribution in [3.05, 3.63) is 135 Å². The van der Waals surface area contributed by atoms with E-state index in [1.54, 1.807) is 38.1 Å². The maximum Gasteiger partial charge on any atom is 0.338 e. The van der Waals surface area contributed by atoms with Gasteiger partial charge in [-0.25, -0.2) is 9.79 Å². The summed E-state index contributed by atoms with van der Waals surface area (Å²) in [5.41, 5.74) is 0.282. The van der Waals surface area contributed by atoms with Crippen LogP contribution < -0.4 is 29.1 Å². The smallest absolute Gasteiger partial charge is 0.338 e. The van der Waals surface area contributed by atoms with Crippen LogP contribution in [0.1, 0.15) is 31.0 Å². The zero-order chi connectivity index (χ0) is 35.7. The van der Waals surface area contributed by atoms with Crippen LogP contribution in [0, 0.1) is 20.2 Å². The van der Waals surface area contributed by atoms with Gasteiger partial charge in [0.1, 0.15) is 11.8 Å². The van der Waals surface area contributed by atoms with Crippen LogP contribution in [-0.4, -0.2) is 41.2 Å². The molecule has 0 amide bonds. The van der Waals surface area contributed by atoms with Gasteiger partial charge in [0, 0.05) is 11.6 Å². The number of non-ortho nitro benzene ring substituents is 1. The molecule has 6 rings (SSSR count). The Morgan fingerprint density at radius 2 is 1.66 bits per heavy atom. The van der Waals surface area contributed by atoms with Gasteiger partial charge in [-0.05, 0) is 60.5 Å². The minimum absolute atomic E-state index is 0.0980. The summed E-state index contributed by atoms with van der Waals surface area (Å²) in [6.45, 7) is 3.53. The van der Waals surface area contributed by atoms with E-state index in [1.807, 2.05) is 30.3 Å². The van der Waals surface area contributed by atoms with Crippen LogP contribution in [0.25, 0.3) is 16.8 Å². The van der Waals surface area contributed by atoms with Crippen LogP contribution in [0.3, 0.4) is 0 Å². The van der Waals surface area contributed by atoms with E-state index >= 15 is 0 Å². The van der Waals surface area contributed by atoms with Crippen LogP contribution in [0.5, 0.6) is 23.0 Å². The van der Waals surface area contributed by atoms with Crippen molar-refractivity contribution in [2.45, 2.75) is 19.9 Å². The molecule has 254 valence electrons. The summed E-state index contributed by atoms with van der Waals surface area (Å²) in [5.74, 6) is -0.0691. The van der Waals surface area contributed by atoms with Crippen molar-refractivity contribution in [3.8, 4) is 23.0 Å². The Bertz CT molecular complexity index is 2430. The molecule has 14 nitrogen and oxygen atoms in total. The molecule has 1 aromatic heterocycles. The zero-order valence-corrected chi connectivity index (χ0v) is 27.9. The van der Waals surface area contributed by atoms with E-state index in [-0.39, 0.29) is 29.4 Å². The highest BCUT2D eigenvalue weighted by molar-refractivity contribution is 7.07. The maximum atomic E-state index is 14.3. The van der Waals surface area contributed by atoms with Crippen LogP contribution in [0.2, 0.25) is 0 Å². The highest BCUT2D eigenvalue weighted by atomic mass is 32.1. The Morgan fingerprint density at radius 3 is 2.36 bits per heavy atom. The van der Waals surface area contributed by atoms with Crippen molar-refractivity contribution in [2.75, 3.05) is 20.8 Å². The molecule has 0 saturated heterocycles. The van der Waals surface area contributed by atoms with Gasteiger partial charge in [-0.2, -0.15) is 0 Å². The van der Waals surface area contributed by atoms with E-state index in [2.05, 4.69) is 4.99 Å². The molecule has 1 aliphatic rings. The summed E-state index contributed by atoms with van der Waals surface area (Å²) in [6, 6.07) is 18.1. The number of rotatable bonds is 10. The van der Waals surface area contributed by atoms with Crippen LogP contribution in [0.15, 0.2) is 93.9 Å². The van der Waals surface area contributed by atoms with Gasteiger partial charge in [0.25, 0.3) is 11.2 Å². The second-order valence-corrected chi connectivity index (χ2v) is 11.9. The average Bonchev–Trinajstić information content (AvgIpc) is 3.41. The summed E-state index contributed by atoms with van der Waals surface area (Å²) in [4.78, 5) is 54.1. The maximum absolute atomic E-state index is 14.3. The van der Waals surface area contributed by atoms with Crippen LogP contribution in [-0.2, 0) is 9.53 Å². The third-order valence-corrected chi connectivity index (χ3v) is 8.98. The number of hydrogen-bond acceptors (Lipinski definition) is 12. The minimum Gasteiger partial charge on any atom is -0.496 e. The van der Waals surface area contributed by atoms with E-state index in [9.17, 15) is 29.8 Å². The number of nitrogens with zero attached hydrogens (tertiary/aromatic N) is 4. The van der Waals surface area contributed by atoms with Gasteiger partial charge in [0.2, 0.25) is 5.75 Å². The van der Waals surface area contributed by atoms with Gasteiger partial charge in [-0.3, -0.25) is 29.6 Å². The average molecular weight is 697 g/mol. The molecule has 0 unspecified atom stereocenters. The van der Waals surface area contributed by atoms with Crippen molar-refractivity contribution in [3.63, 3.8) is 0 Å². The predicted molar refractivity (Wildman–Crippen MR) is 184 cm³/mol. The first-order valence-electron chi connectivity index (χ1n) is 15.1. The molecule has 0 fully saturated rings. The fourth-order valence-electron chi connectivity index (χ4n) is 5.78. The number of thiazole rings is 1. The molecular formula is C35H28N4O10S. The predicted octanol–water partition coefficient (Wildman–Crippen LogP) is 5.58. The molecular weight excluding hydrogens is 668 g/mol. The van der Waals surface area contributed by atoms with Crippen molar-refractivity contribution < 1.29 is 33.6 Å². The summed E-state index contributed by atoms with van der Waals surface area (Å²) >= 11 is 1.13. The molecule has 0 radical (unpaired) electrons. The largest absolute Gasteiger partial charge is 0.496 e. The molecule has 4 aromatic carbocycles. The summed E-state index contributed by atoms with van der Waals surface area (Å²) in [7, 11) is 2.90. The third-order valence-electron chi connectivity index (χ3n) is 8.00. The van der Waals surface area contributed by atoms with E-state index in [1.165, 1.54) is 24.9 Å². The topological polar surface area (TPSA) is 175 Å². The molecule has 1 aliphatic heterocycles. The molecule has 2 heterocycles. The van der Waals surface area contributed by atoms with E-state index < -0.39 is 38.8 Å². The number of nitro groups is 2. The third kappa shape index (κ3) is 6.05. The highest BCUT2D eigenvalue weighted by Gasteiger charge is 2.36. The second kappa shape index (κ2) is 13.6. The quantitative estimate of drug-likeness (QED) is 0.102. The Morgan fingerprint density at radius 1 is 0.940 bits per heavy atom. The lowest BCUT2D eigenvalue weighted by molar-refractivity contribution is -0.394. The van der Waals surface area contributed by atoms with Gasteiger partial charge < -0.3 is 18.9 Å². The summed E-state index contributed by atoms with van der Waals surface area (Å²) in [6.07, 6.45) is 1.63. The van der Waals surface area contributed by atoms with Crippen molar-refractivity contribution in [1.82, 2.24) is 4.57 Å². The molecule has 15 heteroatoms. The van der Waals surface area contributed by atoms with Crippen molar-refractivity contribution >= 4 is 45.5 Å². The molecule has 0 N–H and O–H groups in total. The van der Waals surface area contributed by atoms with Crippen molar-refractivity contribution in [2.24, 2.45) is 4.99 Å². The summed E-state index contributed by atoms with van der Waals surface area (Å²) < 4.78 is 24.3. The first kappa shape index (κ1) is 33.5. The van der Waals surface area contributed by atoms with Gasteiger partial charge in [0.05, 0.1) is 52.5 Å². The van der Waals surface area contributed by atoms with Gasteiger partial charge in [-0.1, -0.05) is 47.7 Å². The zero-order valence-electron chi connectivity index (χ0n) is 27.1. The Labute approximate surface area is 287 Å². The number of esters is 1. The first-order chi connectivity index (χ1) is 24.1. The standard InChI is InChI=1S/C35H28N4O10S/c1-5-48-34(41)30-19(2)36-35-37(32(30)31-23-9-7-6-8-21(23)11-14-27(31)46-3)33(40)29(50-35)17-20-10-13-26(28(16-20)47-4)49-25-15-12-22(38(42)43)18-24(25)39(44)45/h6-18,32H,5H2,1-4H3/b29-17-/t32-/m1/s1. The Balaban J connectivity index is 1.48. The molecule has 5 aromatic rings. The number of hydrogen-bond donors (Lipinski definition) is 0. The lowest BCUT2D eigenvalue weighted by Gasteiger charge is -2.27. The number of carbonyl (C=O) groups is 1. The number of methoxy groups -OCH3 is 2. The fraction of sp³-hybridized carbons (Fsp3) is 0.171. The van der Waals surface area contributed by atoms with Gasteiger partial charge in [0.15, 0.2) is 16.3 Å². The number of allylic oxidation sites excluding steroid dienone is 1. The Hall–Kier alpha value is -6.35. The number of aromatic nitrogens is 1. The number of ether oxygens (including phenoxy) is 4. The molecule has 1 atom stereocenters. The van der Waals surface area contributed by atoms with Gasteiger partial charge in [-0.15, -0.1) is 0 Å². The molecule has 50 heavy (non-hydrogen) atoms. The molecule has 0 saturated carbocycles. The lowest BCUT2D eigenvalue weighted by atomic mass is 9.90. The first-order valence-corrected chi connectivity index (χ1v) is 15.9. The molecule has 0 bridgehead atoms. The number of fused-ring (bicyclic) bond motifs is 2. The number of benzene rings is 4. The fourth-order valence-corrected chi connectivity index (χ4v) is 6.82. The lowest BCUT2D eigenvalue weighted by Crippen LogP contribution is -2.40. The van der Waals surface area contributed by atoms with Crippen LogP contribution >= 0.6 is 11.3 Å². The number of carbonyl (C=O) groups excluding carboxylic acids is 1. The van der Waals surface area contributed by atoms with Crippen molar-refractivity contribution in [1.29, 1.82) is 0 Å². The van der Waals surface area contributed by atoms with E-state index in [0.717, 1.165) is 40.3 Å².